The van der Waals surface area contributed by atoms with Crippen LogP contribution in [-0.2, 0) is 9.53 Å². The molecule has 4 nitrogen and oxygen atoms in total. The molecule has 1 heterocycles. The molecule has 4 heteroatoms. The molecule has 1 amide bonds. The summed E-state index contributed by atoms with van der Waals surface area (Å²) >= 11 is 0. The topological polar surface area (TPSA) is 55.6 Å². The van der Waals surface area contributed by atoms with Crippen LogP contribution in [0.1, 0.15) is 20.3 Å². The van der Waals surface area contributed by atoms with Crippen LogP contribution in [0.25, 0.3) is 0 Å². The fourth-order valence-corrected chi connectivity index (χ4v) is 1.49. The van der Waals surface area contributed by atoms with Gasteiger partial charge in [0, 0.05) is 19.1 Å². The molecule has 0 aliphatic carbocycles. The minimum absolute atomic E-state index is 0.0445. The molecule has 1 rings (SSSR count). The smallest absolute Gasteiger partial charge is 0.253 e. The molecule has 1 saturated heterocycles. The van der Waals surface area contributed by atoms with Gasteiger partial charge in [-0.1, -0.05) is 6.92 Å². The summed E-state index contributed by atoms with van der Waals surface area (Å²) in [5, 5.41) is 0. The van der Waals surface area contributed by atoms with Crippen LogP contribution in [0.4, 0.5) is 0 Å². The Morgan fingerprint density at radius 1 is 1.77 bits per heavy atom. The summed E-state index contributed by atoms with van der Waals surface area (Å²) in [6, 6.07) is 0.297. The highest BCUT2D eigenvalue weighted by atomic mass is 16.5. The second-order valence-corrected chi connectivity index (χ2v) is 3.38. The number of carbonyl (C=O) groups is 1. The second kappa shape index (κ2) is 4.58. The van der Waals surface area contributed by atoms with Gasteiger partial charge < -0.3 is 15.4 Å². The zero-order chi connectivity index (χ0) is 9.84. The summed E-state index contributed by atoms with van der Waals surface area (Å²) in [6.45, 7) is 5.72. The van der Waals surface area contributed by atoms with E-state index in [1.54, 1.807) is 0 Å². The third-order valence-corrected chi connectivity index (χ3v) is 2.55. The van der Waals surface area contributed by atoms with E-state index < -0.39 is 6.10 Å². The number of morpholine rings is 1. The molecule has 0 bridgehead atoms. The van der Waals surface area contributed by atoms with Crippen molar-refractivity contribution in [3.63, 3.8) is 0 Å². The van der Waals surface area contributed by atoms with Crippen LogP contribution in [0.5, 0.6) is 0 Å². The standard InChI is InChI=1S/C9H18N2O2/c1-3-7(2)11-4-5-13-8(6-10)9(11)12/h7-8H,3-6,10H2,1-2H3. The second-order valence-electron chi connectivity index (χ2n) is 3.38. The van der Waals surface area contributed by atoms with Crippen LogP contribution < -0.4 is 5.73 Å². The molecule has 2 unspecified atom stereocenters. The van der Waals surface area contributed by atoms with Crippen molar-refractivity contribution in [2.24, 2.45) is 5.73 Å². The summed E-state index contributed by atoms with van der Waals surface area (Å²) in [5.74, 6) is 0.0445. The van der Waals surface area contributed by atoms with Crippen molar-refractivity contribution in [2.45, 2.75) is 32.4 Å². The maximum atomic E-state index is 11.7. The van der Waals surface area contributed by atoms with Gasteiger partial charge in [0.05, 0.1) is 6.61 Å². The van der Waals surface area contributed by atoms with E-state index in [-0.39, 0.29) is 12.5 Å². The van der Waals surface area contributed by atoms with Crippen LogP contribution in [0.15, 0.2) is 0 Å². The van der Waals surface area contributed by atoms with Gasteiger partial charge in [0.2, 0.25) is 0 Å². The molecule has 0 saturated carbocycles. The Morgan fingerprint density at radius 2 is 2.46 bits per heavy atom. The zero-order valence-electron chi connectivity index (χ0n) is 8.32. The fraction of sp³-hybridized carbons (Fsp3) is 0.889. The minimum Gasteiger partial charge on any atom is -0.365 e. The summed E-state index contributed by atoms with van der Waals surface area (Å²) < 4.78 is 5.25. The number of nitrogens with two attached hydrogens (primary N) is 1. The first-order chi connectivity index (χ1) is 6.20. The quantitative estimate of drug-likeness (QED) is 0.673. The molecule has 1 aliphatic heterocycles. The molecular formula is C9H18N2O2. The number of nitrogens with zero attached hydrogens (tertiary/aromatic N) is 1. The van der Waals surface area contributed by atoms with Crippen LogP contribution in [0, 0.1) is 0 Å². The van der Waals surface area contributed by atoms with E-state index in [1.165, 1.54) is 0 Å². The number of ether oxygens (including phenoxy) is 1. The van der Waals surface area contributed by atoms with E-state index in [9.17, 15) is 4.79 Å². The van der Waals surface area contributed by atoms with Crippen LogP contribution in [-0.4, -0.2) is 42.6 Å². The normalized spacial score (nSPS) is 26.2. The van der Waals surface area contributed by atoms with E-state index >= 15 is 0 Å². The van der Waals surface area contributed by atoms with Gasteiger partial charge in [-0.25, -0.2) is 0 Å². The molecular weight excluding hydrogens is 168 g/mol. The van der Waals surface area contributed by atoms with Gasteiger partial charge in [0.15, 0.2) is 0 Å². The largest absolute Gasteiger partial charge is 0.365 e. The summed E-state index contributed by atoms with van der Waals surface area (Å²) in [7, 11) is 0. The average Bonchev–Trinajstić information content (AvgIpc) is 2.17. The molecule has 2 N–H and O–H groups in total. The Bertz CT molecular complexity index is 184. The Balaban J connectivity index is 2.59. The van der Waals surface area contributed by atoms with Crippen molar-refractivity contribution in [3.05, 3.63) is 0 Å². The first-order valence-electron chi connectivity index (χ1n) is 4.82. The van der Waals surface area contributed by atoms with Gasteiger partial charge in [-0.05, 0) is 13.3 Å². The summed E-state index contributed by atoms with van der Waals surface area (Å²) in [5.41, 5.74) is 5.42. The lowest BCUT2D eigenvalue weighted by molar-refractivity contribution is -0.154. The maximum absolute atomic E-state index is 11.7. The van der Waals surface area contributed by atoms with Crippen LogP contribution in [0.2, 0.25) is 0 Å². The van der Waals surface area contributed by atoms with Gasteiger partial charge in [0.25, 0.3) is 5.91 Å². The van der Waals surface area contributed by atoms with Crippen molar-refractivity contribution < 1.29 is 9.53 Å². The molecule has 1 aliphatic rings. The maximum Gasteiger partial charge on any atom is 0.253 e. The minimum atomic E-state index is -0.414. The molecule has 13 heavy (non-hydrogen) atoms. The van der Waals surface area contributed by atoms with Crippen molar-refractivity contribution in [3.8, 4) is 0 Å². The third kappa shape index (κ3) is 2.19. The number of rotatable bonds is 3. The molecule has 0 radical (unpaired) electrons. The molecule has 2 atom stereocenters. The highest BCUT2D eigenvalue weighted by Gasteiger charge is 2.30. The van der Waals surface area contributed by atoms with Crippen LogP contribution in [0.3, 0.4) is 0 Å². The lowest BCUT2D eigenvalue weighted by atomic mass is 10.1. The molecule has 76 valence electrons. The van der Waals surface area contributed by atoms with Crippen molar-refractivity contribution >= 4 is 5.91 Å². The average molecular weight is 186 g/mol. The van der Waals surface area contributed by atoms with Gasteiger partial charge in [-0.3, -0.25) is 4.79 Å². The van der Waals surface area contributed by atoms with E-state index in [0.29, 0.717) is 19.2 Å². The predicted molar refractivity (Wildman–Crippen MR) is 50.3 cm³/mol. The number of hydrogen-bond acceptors (Lipinski definition) is 3. The Labute approximate surface area is 79.0 Å². The van der Waals surface area contributed by atoms with Gasteiger partial charge >= 0.3 is 0 Å². The van der Waals surface area contributed by atoms with E-state index in [2.05, 4.69) is 13.8 Å². The number of carbonyl (C=O) groups excluding carboxylic acids is 1. The first kappa shape index (κ1) is 10.5. The van der Waals surface area contributed by atoms with Gasteiger partial charge in [-0.2, -0.15) is 0 Å². The zero-order valence-corrected chi connectivity index (χ0v) is 8.32. The molecule has 0 aromatic heterocycles. The van der Waals surface area contributed by atoms with Crippen molar-refractivity contribution in [1.29, 1.82) is 0 Å². The number of hydrogen-bond donors (Lipinski definition) is 1. The molecule has 0 spiro atoms. The highest BCUT2D eigenvalue weighted by molar-refractivity contribution is 5.82. The molecule has 1 fully saturated rings. The highest BCUT2D eigenvalue weighted by Crippen LogP contribution is 2.11. The van der Waals surface area contributed by atoms with Gasteiger partial charge in [0.1, 0.15) is 6.10 Å². The summed E-state index contributed by atoms with van der Waals surface area (Å²) in [6.07, 6.45) is 0.561. The SMILES string of the molecule is CCC(C)N1CCOC(CN)C1=O. The summed E-state index contributed by atoms with van der Waals surface area (Å²) in [4.78, 5) is 13.5. The Hall–Kier alpha value is -0.610. The number of amides is 1. The lowest BCUT2D eigenvalue weighted by Gasteiger charge is -2.35. The van der Waals surface area contributed by atoms with E-state index in [1.807, 2.05) is 4.90 Å². The fourth-order valence-electron chi connectivity index (χ4n) is 1.49. The molecule has 0 aromatic carbocycles. The molecule has 0 aromatic rings. The first-order valence-corrected chi connectivity index (χ1v) is 4.82. The monoisotopic (exact) mass is 186 g/mol. The van der Waals surface area contributed by atoms with Crippen molar-refractivity contribution in [2.75, 3.05) is 19.7 Å². The lowest BCUT2D eigenvalue weighted by Crippen LogP contribution is -2.53. The Kier molecular flexibility index (Phi) is 3.69. The third-order valence-electron chi connectivity index (χ3n) is 2.55. The van der Waals surface area contributed by atoms with E-state index in [4.69, 9.17) is 10.5 Å². The van der Waals surface area contributed by atoms with E-state index in [0.717, 1.165) is 6.42 Å². The van der Waals surface area contributed by atoms with Crippen molar-refractivity contribution in [1.82, 2.24) is 4.90 Å². The van der Waals surface area contributed by atoms with Crippen LogP contribution >= 0.6 is 0 Å². The predicted octanol–water partition coefficient (Wildman–Crippen LogP) is -0.0290. The Morgan fingerprint density at radius 3 is 3.00 bits per heavy atom. The van der Waals surface area contributed by atoms with Gasteiger partial charge in [-0.15, -0.1) is 0 Å².